The van der Waals surface area contributed by atoms with E-state index in [2.05, 4.69) is 0 Å². The third-order valence-corrected chi connectivity index (χ3v) is 2.81. The summed E-state index contributed by atoms with van der Waals surface area (Å²) in [5.41, 5.74) is 1.00. The molecule has 0 unspecified atom stereocenters. The van der Waals surface area contributed by atoms with E-state index >= 15 is 0 Å². The van der Waals surface area contributed by atoms with Crippen LogP contribution in [0.4, 0.5) is 5.69 Å². The molecule has 1 N–H and O–H groups in total. The summed E-state index contributed by atoms with van der Waals surface area (Å²) in [6.45, 7) is -0.521. The zero-order valence-corrected chi connectivity index (χ0v) is 11.4. The Morgan fingerprint density at radius 3 is 2.68 bits per heavy atom. The van der Waals surface area contributed by atoms with Crippen molar-refractivity contribution in [3.8, 4) is 11.5 Å². The summed E-state index contributed by atoms with van der Waals surface area (Å²) in [6.07, 6.45) is 0. The fraction of sp³-hybridized carbons (Fsp3) is 0.273. The summed E-state index contributed by atoms with van der Waals surface area (Å²) in [5.74, 6) is 0.400. The van der Waals surface area contributed by atoms with Crippen LogP contribution in [0.3, 0.4) is 0 Å². The molecule has 0 aliphatic rings. The maximum atomic E-state index is 10.9. The Hall–Kier alpha value is -1.50. The molecule has 0 amide bonds. The third kappa shape index (κ3) is 3.99. The molecular formula is C11H11Cl2NO5. The first kappa shape index (κ1) is 15.6. The summed E-state index contributed by atoms with van der Waals surface area (Å²) in [7, 11) is 1.38. The first-order valence-corrected chi connectivity index (χ1v) is 5.88. The Bertz CT molecular complexity index is 504. The molecule has 6 nitrogen and oxygen atoms in total. The maximum absolute atomic E-state index is 10.9. The van der Waals surface area contributed by atoms with Crippen LogP contribution in [0.15, 0.2) is 22.7 Å². The van der Waals surface area contributed by atoms with E-state index in [1.807, 2.05) is 0 Å². The van der Waals surface area contributed by atoms with Crippen LogP contribution in [0.25, 0.3) is 0 Å². The van der Waals surface area contributed by atoms with Crippen LogP contribution in [0.1, 0.15) is 5.56 Å². The van der Waals surface area contributed by atoms with Crippen LogP contribution in [0, 0.1) is 10.1 Å². The van der Waals surface area contributed by atoms with E-state index in [0.717, 1.165) is 5.54 Å². The second-order valence-electron chi connectivity index (χ2n) is 3.39. The maximum Gasteiger partial charge on any atom is 0.278 e. The molecule has 0 aliphatic carbocycles. The van der Waals surface area contributed by atoms with Crippen molar-refractivity contribution in [2.24, 2.45) is 0 Å². The molecule has 0 aliphatic heterocycles. The topological polar surface area (TPSA) is 81.8 Å². The van der Waals surface area contributed by atoms with Gasteiger partial charge in [0.05, 0.1) is 35.3 Å². The number of aliphatic hydroxyl groups is 1. The van der Waals surface area contributed by atoms with Crippen LogP contribution >= 0.6 is 23.2 Å². The highest BCUT2D eigenvalue weighted by Gasteiger charge is 2.19. The smallest absolute Gasteiger partial charge is 0.278 e. The molecule has 1 aromatic rings. The van der Waals surface area contributed by atoms with E-state index in [1.54, 1.807) is 0 Å². The SMILES string of the molecule is COc1cc(CO)c([N+](=O)[O-])cc1OCC(Cl)=CCl. The van der Waals surface area contributed by atoms with Gasteiger partial charge in [-0.15, -0.1) is 0 Å². The van der Waals surface area contributed by atoms with Gasteiger partial charge in [0.1, 0.15) is 6.61 Å². The van der Waals surface area contributed by atoms with Crippen LogP contribution in [-0.4, -0.2) is 23.7 Å². The molecular weight excluding hydrogens is 297 g/mol. The molecule has 0 radical (unpaired) electrons. The number of methoxy groups -OCH3 is 1. The van der Waals surface area contributed by atoms with Gasteiger partial charge in [0.25, 0.3) is 5.69 Å². The lowest BCUT2D eigenvalue weighted by atomic mass is 10.1. The zero-order chi connectivity index (χ0) is 14.4. The van der Waals surface area contributed by atoms with Gasteiger partial charge < -0.3 is 14.6 Å². The molecule has 19 heavy (non-hydrogen) atoms. The normalized spacial score (nSPS) is 11.3. The monoisotopic (exact) mass is 307 g/mol. The molecule has 0 spiro atoms. The molecule has 104 valence electrons. The van der Waals surface area contributed by atoms with Crippen molar-refractivity contribution in [2.45, 2.75) is 6.61 Å². The van der Waals surface area contributed by atoms with Crippen molar-refractivity contribution in [3.05, 3.63) is 38.4 Å². The van der Waals surface area contributed by atoms with Gasteiger partial charge in [0.2, 0.25) is 0 Å². The highest BCUT2D eigenvalue weighted by Crippen LogP contribution is 2.35. The number of halogens is 2. The van der Waals surface area contributed by atoms with Gasteiger partial charge in [0, 0.05) is 5.54 Å². The van der Waals surface area contributed by atoms with Crippen molar-refractivity contribution in [1.82, 2.24) is 0 Å². The zero-order valence-electron chi connectivity index (χ0n) is 9.93. The van der Waals surface area contributed by atoms with Gasteiger partial charge in [-0.1, -0.05) is 23.2 Å². The van der Waals surface area contributed by atoms with Gasteiger partial charge >= 0.3 is 0 Å². The lowest BCUT2D eigenvalue weighted by Crippen LogP contribution is -2.02. The van der Waals surface area contributed by atoms with E-state index in [-0.39, 0.29) is 34.4 Å². The molecule has 1 aromatic carbocycles. The lowest BCUT2D eigenvalue weighted by molar-refractivity contribution is -0.385. The number of nitrogens with zero attached hydrogens (tertiary/aromatic N) is 1. The van der Waals surface area contributed by atoms with Crippen molar-refractivity contribution in [3.63, 3.8) is 0 Å². The first-order valence-electron chi connectivity index (χ1n) is 5.07. The largest absolute Gasteiger partial charge is 0.493 e. The minimum atomic E-state index is -0.614. The molecule has 0 aromatic heterocycles. The summed E-state index contributed by atoms with van der Waals surface area (Å²) in [4.78, 5) is 10.3. The number of nitro benzene ring substituents is 1. The van der Waals surface area contributed by atoms with Crippen molar-refractivity contribution in [1.29, 1.82) is 0 Å². The van der Waals surface area contributed by atoms with Crippen LogP contribution in [0.5, 0.6) is 11.5 Å². The molecule has 0 heterocycles. The number of nitro groups is 1. The number of hydrogen-bond acceptors (Lipinski definition) is 5. The van der Waals surface area contributed by atoms with Crippen molar-refractivity contribution >= 4 is 28.9 Å². The van der Waals surface area contributed by atoms with E-state index < -0.39 is 11.5 Å². The van der Waals surface area contributed by atoms with Gasteiger partial charge in [0.15, 0.2) is 11.5 Å². The summed E-state index contributed by atoms with van der Waals surface area (Å²) in [6, 6.07) is 2.51. The Kier molecular flexibility index (Phi) is 5.88. The average Bonchev–Trinajstić information content (AvgIpc) is 2.43. The first-order chi connectivity index (χ1) is 9.03. The minimum Gasteiger partial charge on any atom is -0.493 e. The number of aliphatic hydroxyl groups excluding tert-OH is 1. The second kappa shape index (κ2) is 7.18. The van der Waals surface area contributed by atoms with Gasteiger partial charge in [-0.05, 0) is 6.07 Å². The van der Waals surface area contributed by atoms with Gasteiger partial charge in [-0.25, -0.2) is 0 Å². The van der Waals surface area contributed by atoms with Crippen LogP contribution in [-0.2, 0) is 6.61 Å². The third-order valence-electron chi connectivity index (χ3n) is 2.22. The minimum absolute atomic E-state index is 0.0446. The van der Waals surface area contributed by atoms with E-state index in [9.17, 15) is 10.1 Å². The lowest BCUT2D eigenvalue weighted by Gasteiger charge is -2.11. The number of hydrogen-bond donors (Lipinski definition) is 1. The number of benzene rings is 1. The van der Waals surface area contributed by atoms with Gasteiger partial charge in [-0.3, -0.25) is 10.1 Å². The van der Waals surface area contributed by atoms with Gasteiger partial charge in [-0.2, -0.15) is 0 Å². The quantitative estimate of drug-likeness (QED) is 0.645. The standard InChI is InChI=1S/C11H11Cl2NO5/c1-18-10-2-7(5-15)9(14(16)17)3-11(10)19-6-8(13)4-12/h2-4,15H,5-6H2,1H3. The van der Waals surface area contributed by atoms with E-state index in [1.165, 1.54) is 19.2 Å². The summed E-state index contributed by atoms with van der Waals surface area (Å²) < 4.78 is 10.3. The van der Waals surface area contributed by atoms with E-state index in [0.29, 0.717) is 0 Å². The Morgan fingerprint density at radius 2 is 2.21 bits per heavy atom. The Labute approximate surface area is 119 Å². The molecule has 0 atom stereocenters. The van der Waals surface area contributed by atoms with Crippen LogP contribution < -0.4 is 9.47 Å². The molecule has 0 saturated carbocycles. The molecule has 8 heteroatoms. The Morgan fingerprint density at radius 1 is 1.53 bits per heavy atom. The summed E-state index contributed by atoms with van der Waals surface area (Å²) >= 11 is 11.0. The highest BCUT2D eigenvalue weighted by molar-refractivity contribution is 6.36. The summed E-state index contributed by atoms with van der Waals surface area (Å²) in [5, 5.41) is 20.2. The average molecular weight is 308 g/mol. The predicted octanol–water partition coefficient (Wildman–Crippen LogP) is 2.79. The second-order valence-corrected chi connectivity index (χ2v) is 4.10. The van der Waals surface area contributed by atoms with Crippen LogP contribution in [0.2, 0.25) is 0 Å². The number of rotatable bonds is 6. The highest BCUT2D eigenvalue weighted by atomic mass is 35.5. The molecule has 0 bridgehead atoms. The number of ether oxygens (including phenoxy) is 2. The van der Waals surface area contributed by atoms with Crippen molar-refractivity contribution in [2.75, 3.05) is 13.7 Å². The molecule has 0 fully saturated rings. The van der Waals surface area contributed by atoms with E-state index in [4.69, 9.17) is 37.8 Å². The Balaban J connectivity index is 3.14. The fourth-order valence-corrected chi connectivity index (χ4v) is 1.46. The predicted molar refractivity (Wildman–Crippen MR) is 70.9 cm³/mol. The van der Waals surface area contributed by atoms with Crippen molar-refractivity contribution < 1.29 is 19.5 Å². The molecule has 1 rings (SSSR count). The fourth-order valence-electron chi connectivity index (χ4n) is 1.34. The molecule has 0 saturated heterocycles.